The second-order valence-electron chi connectivity index (χ2n) is 6.92. The molecule has 0 saturated heterocycles. The van der Waals surface area contributed by atoms with E-state index in [2.05, 4.69) is 26.7 Å². The van der Waals surface area contributed by atoms with E-state index in [1.54, 1.807) is 12.1 Å². The highest BCUT2D eigenvalue weighted by atomic mass is 35.5. The van der Waals surface area contributed by atoms with Crippen molar-refractivity contribution in [2.75, 3.05) is 17.2 Å². The van der Waals surface area contributed by atoms with Crippen LogP contribution < -0.4 is 10.6 Å². The summed E-state index contributed by atoms with van der Waals surface area (Å²) in [6.45, 7) is 4.54. The Morgan fingerprint density at radius 1 is 1.19 bits per heavy atom. The molecule has 0 fully saturated rings. The first-order valence-corrected chi connectivity index (χ1v) is 9.74. The van der Waals surface area contributed by atoms with Gasteiger partial charge in [-0.3, -0.25) is 4.79 Å². The van der Waals surface area contributed by atoms with Gasteiger partial charge in [-0.05, 0) is 69.7 Å². The van der Waals surface area contributed by atoms with Gasteiger partial charge in [0.1, 0.15) is 5.69 Å². The van der Waals surface area contributed by atoms with Crippen molar-refractivity contribution in [2.24, 2.45) is 0 Å². The molecular weight excluding hydrogens is 360 g/mol. The molecule has 2 aromatic rings. The van der Waals surface area contributed by atoms with Crippen LogP contribution in [0.1, 0.15) is 53.8 Å². The largest absolute Gasteiger partial charge is 0.354 e. The monoisotopic (exact) mass is 384 g/mol. The molecule has 1 aliphatic rings. The average Bonchev–Trinajstić information content (AvgIpc) is 2.65. The number of nitrogens with zero attached hydrogens (tertiary/aromatic N) is 2. The lowest BCUT2D eigenvalue weighted by Gasteiger charge is -2.13. The number of hydrogen-bond acceptors (Lipinski definition) is 4. The van der Waals surface area contributed by atoms with Crippen LogP contribution in [0.4, 0.5) is 11.6 Å². The minimum Gasteiger partial charge on any atom is -0.354 e. The van der Waals surface area contributed by atoms with Crippen LogP contribution >= 0.6 is 11.6 Å². The van der Waals surface area contributed by atoms with Crippen LogP contribution in [0.5, 0.6) is 0 Å². The minimum absolute atomic E-state index is 0.279. The molecule has 6 heteroatoms. The molecule has 27 heavy (non-hydrogen) atoms. The Balaban J connectivity index is 1.63. The third kappa shape index (κ3) is 5.54. The van der Waals surface area contributed by atoms with E-state index >= 15 is 0 Å². The number of amides is 1. The van der Waals surface area contributed by atoms with Gasteiger partial charge in [0.15, 0.2) is 0 Å². The number of aryl methyl sites for hydroxylation is 2. The first kappa shape index (κ1) is 19.4. The molecule has 1 aromatic carbocycles. The van der Waals surface area contributed by atoms with Crippen LogP contribution in [-0.2, 0) is 0 Å². The van der Waals surface area contributed by atoms with E-state index in [4.69, 9.17) is 11.6 Å². The topological polar surface area (TPSA) is 66.9 Å². The number of hydrogen-bond donors (Lipinski definition) is 2. The zero-order valence-electron chi connectivity index (χ0n) is 15.8. The van der Waals surface area contributed by atoms with Crippen molar-refractivity contribution in [3.8, 4) is 0 Å². The van der Waals surface area contributed by atoms with Gasteiger partial charge in [-0.25, -0.2) is 9.97 Å². The zero-order chi connectivity index (χ0) is 19.2. The van der Waals surface area contributed by atoms with E-state index in [9.17, 15) is 4.79 Å². The van der Waals surface area contributed by atoms with Gasteiger partial charge in [0.25, 0.3) is 5.91 Å². The standard InChI is InChI=1S/C21H25ClN4O/c1-14-8-9-17(13-18(14)22)25-20(27)19-12-15(2)24-21(26-19)23-11-10-16-6-4-3-5-7-16/h6,8-9,12-13H,3-5,7,10-11H2,1-2H3,(H,25,27)(H,23,24,26). The maximum Gasteiger partial charge on any atom is 0.274 e. The third-order valence-electron chi connectivity index (χ3n) is 4.63. The second kappa shape index (κ2) is 9.00. The van der Waals surface area contributed by atoms with Gasteiger partial charge in [0, 0.05) is 22.9 Å². The van der Waals surface area contributed by atoms with Crippen molar-refractivity contribution >= 4 is 29.1 Å². The highest BCUT2D eigenvalue weighted by Crippen LogP contribution is 2.21. The average molecular weight is 385 g/mol. The smallest absolute Gasteiger partial charge is 0.274 e. The van der Waals surface area contributed by atoms with Crippen molar-refractivity contribution in [2.45, 2.75) is 46.0 Å². The summed E-state index contributed by atoms with van der Waals surface area (Å²) >= 11 is 6.12. The first-order valence-electron chi connectivity index (χ1n) is 9.36. The number of nitrogens with one attached hydrogen (secondary N) is 2. The van der Waals surface area contributed by atoms with E-state index in [-0.39, 0.29) is 5.91 Å². The summed E-state index contributed by atoms with van der Waals surface area (Å²) in [5.41, 5.74) is 4.18. The molecule has 2 N–H and O–H groups in total. The molecular formula is C21H25ClN4O. The number of carbonyl (C=O) groups is 1. The van der Waals surface area contributed by atoms with Crippen molar-refractivity contribution in [1.82, 2.24) is 9.97 Å². The molecule has 3 rings (SSSR count). The normalized spacial score (nSPS) is 13.8. The van der Waals surface area contributed by atoms with Gasteiger partial charge in [-0.2, -0.15) is 0 Å². The second-order valence-corrected chi connectivity index (χ2v) is 7.33. The number of anilines is 2. The van der Waals surface area contributed by atoms with E-state index in [0.717, 1.165) is 24.2 Å². The number of benzene rings is 1. The van der Waals surface area contributed by atoms with Crippen LogP contribution in [0.2, 0.25) is 5.02 Å². The molecule has 0 aliphatic heterocycles. The van der Waals surface area contributed by atoms with Crippen LogP contribution in [-0.4, -0.2) is 22.4 Å². The summed E-state index contributed by atoms with van der Waals surface area (Å²) in [6.07, 6.45) is 8.27. The number of aromatic nitrogens is 2. The fraction of sp³-hybridized carbons (Fsp3) is 0.381. The summed E-state index contributed by atoms with van der Waals surface area (Å²) in [5.74, 6) is 0.206. The Morgan fingerprint density at radius 3 is 2.78 bits per heavy atom. The minimum atomic E-state index is -0.279. The number of rotatable bonds is 6. The molecule has 5 nitrogen and oxygen atoms in total. The molecule has 0 bridgehead atoms. The molecule has 0 unspecified atom stereocenters. The maximum absolute atomic E-state index is 12.6. The molecule has 1 amide bonds. The lowest BCUT2D eigenvalue weighted by Crippen LogP contribution is -2.16. The first-order chi connectivity index (χ1) is 13.0. The molecule has 0 radical (unpaired) electrons. The summed E-state index contributed by atoms with van der Waals surface area (Å²) in [6, 6.07) is 7.11. The number of carbonyl (C=O) groups excluding carboxylic acids is 1. The highest BCUT2D eigenvalue weighted by molar-refractivity contribution is 6.31. The third-order valence-corrected chi connectivity index (χ3v) is 5.04. The molecule has 0 spiro atoms. The van der Waals surface area contributed by atoms with Gasteiger partial charge in [0.05, 0.1) is 0 Å². The summed E-state index contributed by atoms with van der Waals surface area (Å²) in [7, 11) is 0. The van der Waals surface area contributed by atoms with Crippen LogP contribution in [0.15, 0.2) is 35.9 Å². The van der Waals surface area contributed by atoms with Crippen LogP contribution in [0.3, 0.4) is 0 Å². The highest BCUT2D eigenvalue weighted by Gasteiger charge is 2.12. The van der Waals surface area contributed by atoms with Crippen LogP contribution in [0.25, 0.3) is 0 Å². The van der Waals surface area contributed by atoms with Gasteiger partial charge >= 0.3 is 0 Å². The predicted molar refractivity (Wildman–Crippen MR) is 111 cm³/mol. The van der Waals surface area contributed by atoms with Gasteiger partial charge in [-0.1, -0.05) is 29.3 Å². The Labute approximate surface area is 165 Å². The number of allylic oxidation sites excluding steroid dienone is 1. The van der Waals surface area contributed by atoms with E-state index in [0.29, 0.717) is 22.4 Å². The lowest BCUT2D eigenvalue weighted by atomic mass is 9.97. The molecule has 0 atom stereocenters. The van der Waals surface area contributed by atoms with Crippen molar-refractivity contribution in [1.29, 1.82) is 0 Å². The summed E-state index contributed by atoms with van der Waals surface area (Å²) < 4.78 is 0. The Morgan fingerprint density at radius 2 is 2.04 bits per heavy atom. The Hall–Kier alpha value is -2.40. The molecule has 1 aliphatic carbocycles. The maximum atomic E-state index is 12.6. The van der Waals surface area contributed by atoms with Crippen molar-refractivity contribution in [3.63, 3.8) is 0 Å². The Kier molecular flexibility index (Phi) is 6.45. The molecule has 1 heterocycles. The van der Waals surface area contributed by atoms with E-state index in [1.807, 2.05) is 26.0 Å². The number of halogens is 1. The molecule has 142 valence electrons. The van der Waals surface area contributed by atoms with E-state index < -0.39 is 0 Å². The quantitative estimate of drug-likeness (QED) is 0.663. The summed E-state index contributed by atoms with van der Waals surface area (Å²) in [5, 5.41) is 6.70. The van der Waals surface area contributed by atoms with Gasteiger partial charge in [-0.15, -0.1) is 0 Å². The Bertz CT molecular complexity index is 863. The SMILES string of the molecule is Cc1cc(C(=O)Nc2ccc(C)c(Cl)c2)nc(NCCC2=CCCCC2)n1. The van der Waals surface area contributed by atoms with Crippen LogP contribution in [0, 0.1) is 13.8 Å². The fourth-order valence-corrected chi connectivity index (χ4v) is 3.28. The fourth-order valence-electron chi connectivity index (χ4n) is 3.10. The van der Waals surface area contributed by atoms with Gasteiger partial charge in [0.2, 0.25) is 5.95 Å². The van der Waals surface area contributed by atoms with Crippen molar-refractivity contribution in [3.05, 3.63) is 57.9 Å². The van der Waals surface area contributed by atoms with Gasteiger partial charge < -0.3 is 10.6 Å². The molecule has 1 aromatic heterocycles. The van der Waals surface area contributed by atoms with Crippen molar-refractivity contribution < 1.29 is 4.79 Å². The van der Waals surface area contributed by atoms with E-state index in [1.165, 1.54) is 31.3 Å². The zero-order valence-corrected chi connectivity index (χ0v) is 16.6. The lowest BCUT2D eigenvalue weighted by molar-refractivity contribution is 0.102. The summed E-state index contributed by atoms with van der Waals surface area (Å²) in [4.78, 5) is 21.3. The predicted octanol–water partition coefficient (Wildman–Crippen LogP) is 5.30. The molecule has 0 saturated carbocycles.